The number of rotatable bonds is 4. The predicted octanol–water partition coefficient (Wildman–Crippen LogP) is 2.30. The van der Waals surface area contributed by atoms with Crippen LogP contribution in [0.15, 0.2) is 33.3 Å². The van der Waals surface area contributed by atoms with Crippen LogP contribution in [0.25, 0.3) is 0 Å². The lowest BCUT2D eigenvalue weighted by atomic mass is 10.2. The van der Waals surface area contributed by atoms with Gasteiger partial charge in [0.15, 0.2) is 5.69 Å². The Hall–Kier alpha value is -2.75. The normalized spacial score (nSPS) is 10.1. The number of nitro benzene ring substituents is 1. The molecule has 2 N–H and O–H groups in total. The van der Waals surface area contributed by atoms with Gasteiger partial charge in [-0.15, -0.1) is 0 Å². The number of benzene rings is 1. The summed E-state index contributed by atoms with van der Waals surface area (Å²) >= 11 is 3.01. The summed E-state index contributed by atoms with van der Waals surface area (Å²) in [5, 5.41) is 25.1. The quantitative estimate of drug-likeness (QED) is 0.634. The van der Waals surface area contributed by atoms with Crippen molar-refractivity contribution in [3.8, 4) is 0 Å². The molecule has 9 nitrogen and oxygen atoms in total. The van der Waals surface area contributed by atoms with Gasteiger partial charge in [0.1, 0.15) is 0 Å². The molecule has 0 saturated carbocycles. The maximum absolute atomic E-state index is 11.8. The summed E-state index contributed by atoms with van der Waals surface area (Å²) in [7, 11) is 0. The third-order valence-electron chi connectivity index (χ3n) is 2.35. The number of carbonyl (C=O) groups excluding carboxylic acids is 1. The predicted molar refractivity (Wildman–Crippen MR) is 72.2 cm³/mol. The lowest BCUT2D eigenvalue weighted by Crippen LogP contribution is -2.12. The molecule has 2 aromatic rings. The van der Waals surface area contributed by atoms with E-state index in [1.165, 1.54) is 12.1 Å². The smallest absolute Gasteiger partial charge is 0.374 e. The maximum Gasteiger partial charge on any atom is 0.374 e. The number of aromatic nitrogens is 1. The van der Waals surface area contributed by atoms with Gasteiger partial charge in [-0.05, 0) is 28.1 Å². The molecule has 1 amide bonds. The van der Waals surface area contributed by atoms with E-state index in [0.717, 1.165) is 12.1 Å². The zero-order valence-electron chi connectivity index (χ0n) is 10.1. The van der Waals surface area contributed by atoms with Crippen LogP contribution in [-0.4, -0.2) is 27.1 Å². The van der Waals surface area contributed by atoms with E-state index in [0.29, 0.717) is 0 Å². The summed E-state index contributed by atoms with van der Waals surface area (Å²) in [4.78, 5) is 32.6. The van der Waals surface area contributed by atoms with Crippen molar-refractivity contribution in [1.29, 1.82) is 0 Å². The SMILES string of the molecule is O=C(Nc1ccc(Br)c([N+](=O)[O-])c1)c1cc(C(=O)O)on1. The van der Waals surface area contributed by atoms with Gasteiger partial charge in [-0.2, -0.15) is 0 Å². The van der Waals surface area contributed by atoms with Gasteiger partial charge in [0.25, 0.3) is 11.6 Å². The van der Waals surface area contributed by atoms with Crippen molar-refractivity contribution in [1.82, 2.24) is 5.16 Å². The van der Waals surface area contributed by atoms with Crippen molar-refractivity contribution in [2.24, 2.45) is 0 Å². The first-order valence-electron chi connectivity index (χ1n) is 5.34. The second-order valence-corrected chi connectivity index (χ2v) is 4.61. The summed E-state index contributed by atoms with van der Waals surface area (Å²) in [6.07, 6.45) is 0. The summed E-state index contributed by atoms with van der Waals surface area (Å²) in [6.45, 7) is 0. The first-order valence-corrected chi connectivity index (χ1v) is 6.13. The van der Waals surface area contributed by atoms with E-state index >= 15 is 0 Å². The summed E-state index contributed by atoms with van der Waals surface area (Å²) < 4.78 is 4.70. The third-order valence-corrected chi connectivity index (χ3v) is 3.02. The zero-order chi connectivity index (χ0) is 15.6. The third kappa shape index (κ3) is 3.23. The summed E-state index contributed by atoms with van der Waals surface area (Å²) in [6, 6.07) is 4.94. The van der Waals surface area contributed by atoms with Gasteiger partial charge in [0.05, 0.1) is 9.40 Å². The Balaban J connectivity index is 2.21. The Morgan fingerprint density at radius 3 is 2.67 bits per heavy atom. The fourth-order valence-corrected chi connectivity index (χ4v) is 1.80. The molecule has 0 saturated heterocycles. The van der Waals surface area contributed by atoms with E-state index in [1.54, 1.807) is 0 Å². The molecule has 0 aliphatic heterocycles. The van der Waals surface area contributed by atoms with Crippen LogP contribution < -0.4 is 5.32 Å². The van der Waals surface area contributed by atoms with Gasteiger partial charge in [-0.3, -0.25) is 14.9 Å². The molecule has 108 valence electrons. The van der Waals surface area contributed by atoms with Crippen LogP contribution in [0.3, 0.4) is 0 Å². The average molecular weight is 356 g/mol. The van der Waals surface area contributed by atoms with E-state index in [-0.39, 0.29) is 21.5 Å². The number of amides is 1. The van der Waals surface area contributed by atoms with Crippen LogP contribution in [0, 0.1) is 10.1 Å². The molecule has 0 aliphatic carbocycles. The monoisotopic (exact) mass is 355 g/mol. The first-order chi connectivity index (χ1) is 9.88. The number of halogens is 1. The number of hydrogen-bond acceptors (Lipinski definition) is 6. The largest absolute Gasteiger partial charge is 0.475 e. The minimum atomic E-state index is -1.36. The highest BCUT2D eigenvalue weighted by Crippen LogP contribution is 2.28. The minimum absolute atomic E-state index is 0.162. The van der Waals surface area contributed by atoms with Crippen LogP contribution in [0.4, 0.5) is 11.4 Å². The molecule has 1 aromatic heterocycles. The van der Waals surface area contributed by atoms with E-state index in [4.69, 9.17) is 5.11 Å². The molecule has 1 aromatic carbocycles. The number of hydrogen-bond donors (Lipinski definition) is 2. The van der Waals surface area contributed by atoms with Crippen molar-refractivity contribution in [2.75, 3.05) is 5.32 Å². The molecule has 21 heavy (non-hydrogen) atoms. The van der Waals surface area contributed by atoms with E-state index < -0.39 is 22.6 Å². The Bertz CT molecular complexity index is 741. The molecule has 10 heteroatoms. The first kappa shape index (κ1) is 14.7. The van der Waals surface area contributed by atoms with Gasteiger partial charge in [0.2, 0.25) is 5.76 Å². The van der Waals surface area contributed by atoms with Crippen LogP contribution in [0.2, 0.25) is 0 Å². The molecular weight excluding hydrogens is 350 g/mol. The highest BCUT2D eigenvalue weighted by Gasteiger charge is 2.18. The summed E-state index contributed by atoms with van der Waals surface area (Å²) in [5.41, 5.74) is -0.313. The molecule has 0 aliphatic rings. The lowest BCUT2D eigenvalue weighted by molar-refractivity contribution is -0.385. The van der Waals surface area contributed by atoms with Gasteiger partial charge in [-0.1, -0.05) is 5.16 Å². The van der Waals surface area contributed by atoms with Crippen molar-refractivity contribution >= 4 is 39.2 Å². The molecule has 0 spiro atoms. The van der Waals surface area contributed by atoms with Gasteiger partial charge >= 0.3 is 5.97 Å². The zero-order valence-corrected chi connectivity index (χ0v) is 11.7. The Morgan fingerprint density at radius 2 is 2.10 bits per heavy atom. The van der Waals surface area contributed by atoms with E-state index in [1.807, 2.05) is 0 Å². The van der Waals surface area contributed by atoms with Gasteiger partial charge in [0, 0.05) is 17.8 Å². The lowest BCUT2D eigenvalue weighted by Gasteiger charge is -2.03. The molecule has 1 heterocycles. The molecular formula is C11H6BrN3O6. The second kappa shape index (κ2) is 5.71. The molecule has 2 rings (SSSR count). The topological polar surface area (TPSA) is 136 Å². The molecule has 0 fully saturated rings. The highest BCUT2D eigenvalue weighted by atomic mass is 79.9. The number of nitrogens with zero attached hydrogens (tertiary/aromatic N) is 2. The minimum Gasteiger partial charge on any atom is -0.475 e. The molecule has 0 radical (unpaired) electrons. The van der Waals surface area contributed by atoms with E-state index in [9.17, 15) is 19.7 Å². The number of nitrogens with one attached hydrogen (secondary N) is 1. The number of carboxylic acid groups (broad SMARTS) is 1. The van der Waals surface area contributed by atoms with Crippen molar-refractivity contribution < 1.29 is 24.1 Å². The van der Waals surface area contributed by atoms with Gasteiger partial charge in [-0.25, -0.2) is 4.79 Å². The van der Waals surface area contributed by atoms with E-state index in [2.05, 4.69) is 30.9 Å². The Morgan fingerprint density at radius 1 is 1.38 bits per heavy atom. The highest BCUT2D eigenvalue weighted by molar-refractivity contribution is 9.10. The van der Waals surface area contributed by atoms with Crippen LogP contribution >= 0.6 is 15.9 Å². The van der Waals surface area contributed by atoms with Crippen molar-refractivity contribution in [3.05, 3.63) is 50.3 Å². The number of carbonyl (C=O) groups is 2. The molecule has 0 unspecified atom stereocenters. The van der Waals surface area contributed by atoms with Gasteiger partial charge < -0.3 is 14.9 Å². The molecule has 0 bridgehead atoms. The Kier molecular flexibility index (Phi) is 3.98. The number of carboxylic acids is 1. The van der Waals surface area contributed by atoms with Crippen LogP contribution in [0.1, 0.15) is 21.0 Å². The van der Waals surface area contributed by atoms with Crippen molar-refractivity contribution in [2.45, 2.75) is 0 Å². The standard InChI is InChI=1S/C11H6BrN3O6/c12-6-2-1-5(3-8(6)15(19)20)13-10(16)7-4-9(11(17)18)21-14-7/h1-4H,(H,13,16)(H,17,18). The Labute approximate surface area is 124 Å². The van der Waals surface area contributed by atoms with Crippen LogP contribution in [0.5, 0.6) is 0 Å². The fourth-order valence-electron chi connectivity index (χ4n) is 1.41. The fraction of sp³-hybridized carbons (Fsp3) is 0. The maximum atomic E-state index is 11.8. The number of anilines is 1. The number of nitro groups is 1. The van der Waals surface area contributed by atoms with Crippen molar-refractivity contribution in [3.63, 3.8) is 0 Å². The van der Waals surface area contributed by atoms with Crippen LogP contribution in [-0.2, 0) is 0 Å². The number of aromatic carboxylic acids is 1. The summed E-state index contributed by atoms with van der Waals surface area (Å²) in [5.74, 6) is -2.59. The second-order valence-electron chi connectivity index (χ2n) is 3.76. The average Bonchev–Trinajstić information content (AvgIpc) is 2.90. The molecule has 0 atom stereocenters.